The van der Waals surface area contributed by atoms with Gasteiger partial charge < -0.3 is 24.9 Å². The van der Waals surface area contributed by atoms with Crippen molar-refractivity contribution in [3.8, 4) is 17.2 Å². The number of phenols is 1. The zero-order chi connectivity index (χ0) is 22.8. The van der Waals surface area contributed by atoms with Crippen LogP contribution in [0.3, 0.4) is 0 Å². The van der Waals surface area contributed by atoms with Gasteiger partial charge in [0.1, 0.15) is 11.6 Å². The Morgan fingerprint density at radius 2 is 1.88 bits per heavy atom. The molecule has 0 radical (unpaired) electrons. The number of aromatic hydroxyl groups is 1. The van der Waals surface area contributed by atoms with Crippen LogP contribution < -0.4 is 20.3 Å². The lowest BCUT2D eigenvalue weighted by Gasteiger charge is -2.25. The summed E-state index contributed by atoms with van der Waals surface area (Å²) >= 11 is 1.16. The number of nitrogens with one attached hydrogen (secondary N) is 2. The van der Waals surface area contributed by atoms with Gasteiger partial charge in [0.15, 0.2) is 16.7 Å². The summed E-state index contributed by atoms with van der Waals surface area (Å²) in [6.45, 7) is 0. The molecule has 4 rings (SSSR count). The summed E-state index contributed by atoms with van der Waals surface area (Å²) in [5, 5.41) is 13.1. The van der Waals surface area contributed by atoms with Gasteiger partial charge in [-0.1, -0.05) is 30.0 Å². The van der Waals surface area contributed by atoms with Crippen molar-refractivity contribution in [2.45, 2.75) is 23.2 Å². The van der Waals surface area contributed by atoms with E-state index < -0.39 is 11.5 Å². The highest BCUT2D eigenvalue weighted by Gasteiger charge is 2.32. The number of hydrogen-bond acceptors (Lipinski definition) is 7. The molecule has 1 aliphatic heterocycles. The number of rotatable bonds is 6. The smallest absolute Gasteiger partial charge is 0.257 e. The molecule has 32 heavy (non-hydrogen) atoms. The minimum Gasteiger partial charge on any atom is -0.502 e. The Morgan fingerprint density at radius 3 is 2.53 bits per heavy atom. The Bertz CT molecular complexity index is 1220. The van der Waals surface area contributed by atoms with Crippen LogP contribution >= 0.6 is 11.8 Å². The van der Waals surface area contributed by atoms with E-state index in [9.17, 15) is 19.1 Å². The number of carbonyl (C=O) groups is 1. The average Bonchev–Trinajstić information content (AvgIpc) is 2.78. The lowest BCUT2D eigenvalue weighted by Crippen LogP contribution is -2.31. The number of ether oxygens (including phenoxy) is 2. The highest BCUT2D eigenvalue weighted by atomic mass is 32.2. The monoisotopic (exact) mass is 457 g/mol. The van der Waals surface area contributed by atoms with Crippen LogP contribution in [0.4, 0.5) is 10.2 Å². The van der Waals surface area contributed by atoms with Crippen molar-refractivity contribution in [3.05, 3.63) is 69.3 Å². The van der Waals surface area contributed by atoms with Crippen molar-refractivity contribution in [3.63, 3.8) is 0 Å². The van der Waals surface area contributed by atoms with Gasteiger partial charge in [-0.25, -0.2) is 9.37 Å². The normalized spacial score (nSPS) is 15.1. The predicted molar refractivity (Wildman–Crippen MR) is 117 cm³/mol. The Morgan fingerprint density at radius 1 is 1.19 bits per heavy atom. The van der Waals surface area contributed by atoms with Crippen LogP contribution in [-0.2, 0) is 10.5 Å². The van der Waals surface area contributed by atoms with E-state index in [0.29, 0.717) is 11.1 Å². The van der Waals surface area contributed by atoms with Crippen LogP contribution in [0, 0.1) is 5.82 Å². The first-order chi connectivity index (χ1) is 15.4. The van der Waals surface area contributed by atoms with Gasteiger partial charge in [0.2, 0.25) is 11.7 Å². The number of aromatic nitrogens is 2. The number of carbonyl (C=O) groups excluding carboxylic acids is 1. The van der Waals surface area contributed by atoms with Crippen molar-refractivity contribution in [1.29, 1.82) is 0 Å². The summed E-state index contributed by atoms with van der Waals surface area (Å²) < 4.78 is 24.3. The third-order valence-electron chi connectivity index (χ3n) is 5.16. The topological polar surface area (TPSA) is 114 Å². The van der Waals surface area contributed by atoms with Crippen LogP contribution in [0.1, 0.15) is 29.0 Å². The second-order valence-corrected chi connectivity index (χ2v) is 8.06. The summed E-state index contributed by atoms with van der Waals surface area (Å²) in [7, 11) is 2.79. The molecule has 8 nitrogen and oxygen atoms in total. The molecule has 0 saturated heterocycles. The Kier molecular flexibility index (Phi) is 6.04. The Hall–Kier alpha value is -3.53. The second-order valence-electron chi connectivity index (χ2n) is 7.09. The highest BCUT2D eigenvalue weighted by Crippen LogP contribution is 2.43. The summed E-state index contributed by atoms with van der Waals surface area (Å²) in [4.78, 5) is 32.5. The molecule has 0 saturated carbocycles. The maximum absolute atomic E-state index is 13.9. The standard InChI is InChI=1S/C22H20FN3O5S/c1-30-15-7-12(8-16(31-2)19(15)28)13-9-17(27)24-20-18(13)21(29)26-22(25-20)32-10-11-5-3-4-6-14(11)23/h3-8,13,28H,9-10H2,1-2H3,(H2,24,25,26,27,29)/t13-/m0/s1. The van der Waals surface area contributed by atoms with Crippen molar-refractivity contribution >= 4 is 23.5 Å². The molecule has 3 aromatic rings. The molecule has 10 heteroatoms. The first-order valence-electron chi connectivity index (χ1n) is 9.66. The minimum absolute atomic E-state index is 0.0105. The number of aromatic amines is 1. The molecule has 1 atom stereocenters. The number of phenolic OH excluding ortho intramolecular Hbond substituents is 1. The number of halogens is 1. The maximum Gasteiger partial charge on any atom is 0.257 e. The highest BCUT2D eigenvalue weighted by molar-refractivity contribution is 7.98. The number of H-pyrrole nitrogens is 1. The van der Waals surface area contributed by atoms with Gasteiger partial charge in [-0.2, -0.15) is 0 Å². The van der Waals surface area contributed by atoms with Gasteiger partial charge in [0, 0.05) is 18.1 Å². The maximum atomic E-state index is 13.9. The molecule has 3 N–H and O–H groups in total. The molecule has 166 valence electrons. The number of fused-ring (bicyclic) bond motifs is 1. The molecule has 2 heterocycles. The average molecular weight is 457 g/mol. The minimum atomic E-state index is -0.621. The molecule has 2 aromatic carbocycles. The molecule has 0 fully saturated rings. The Labute approximate surface area is 186 Å². The van der Waals surface area contributed by atoms with Crippen LogP contribution in [-0.4, -0.2) is 35.2 Å². The molecular weight excluding hydrogens is 437 g/mol. The predicted octanol–water partition coefficient (Wildman–Crippen LogP) is 3.40. The van der Waals surface area contributed by atoms with Crippen molar-refractivity contribution in [2.75, 3.05) is 19.5 Å². The second kappa shape index (κ2) is 8.91. The van der Waals surface area contributed by atoms with E-state index in [1.54, 1.807) is 30.3 Å². The molecule has 0 aliphatic carbocycles. The number of nitrogens with zero attached hydrogens (tertiary/aromatic N) is 1. The first kappa shape index (κ1) is 21.7. The van der Waals surface area contributed by atoms with Gasteiger partial charge in [-0.3, -0.25) is 9.59 Å². The summed E-state index contributed by atoms with van der Waals surface area (Å²) in [5.41, 5.74) is 0.909. The van der Waals surface area contributed by atoms with Crippen LogP contribution in [0.15, 0.2) is 46.3 Å². The van der Waals surface area contributed by atoms with E-state index in [1.807, 2.05) is 0 Å². The fourth-order valence-electron chi connectivity index (χ4n) is 3.58. The lowest BCUT2D eigenvalue weighted by molar-refractivity contribution is -0.116. The number of benzene rings is 2. The molecule has 1 aliphatic rings. The van der Waals surface area contributed by atoms with E-state index in [-0.39, 0.29) is 57.7 Å². The zero-order valence-corrected chi connectivity index (χ0v) is 18.1. The van der Waals surface area contributed by atoms with Gasteiger partial charge in [-0.05, 0) is 29.3 Å². The van der Waals surface area contributed by atoms with Crippen molar-refractivity contribution in [2.24, 2.45) is 0 Å². The van der Waals surface area contributed by atoms with Crippen LogP contribution in [0.2, 0.25) is 0 Å². The largest absolute Gasteiger partial charge is 0.502 e. The Balaban J connectivity index is 1.71. The molecule has 1 amide bonds. The van der Waals surface area contributed by atoms with Gasteiger partial charge in [0.05, 0.1) is 19.8 Å². The third-order valence-corrected chi connectivity index (χ3v) is 6.08. The molecule has 1 aromatic heterocycles. The number of amides is 1. The van der Waals surface area contributed by atoms with E-state index in [4.69, 9.17) is 9.47 Å². The molecular formula is C22H20FN3O5S. The molecule has 0 unspecified atom stereocenters. The fraction of sp³-hybridized carbons (Fsp3) is 0.227. The number of anilines is 1. The molecule has 0 bridgehead atoms. The number of methoxy groups -OCH3 is 2. The zero-order valence-electron chi connectivity index (χ0n) is 17.3. The van der Waals surface area contributed by atoms with E-state index >= 15 is 0 Å². The first-order valence-corrected chi connectivity index (χ1v) is 10.6. The van der Waals surface area contributed by atoms with E-state index in [1.165, 1.54) is 20.3 Å². The van der Waals surface area contributed by atoms with E-state index in [2.05, 4.69) is 15.3 Å². The molecule has 0 spiro atoms. The van der Waals surface area contributed by atoms with Crippen molar-refractivity contribution in [1.82, 2.24) is 9.97 Å². The van der Waals surface area contributed by atoms with Crippen molar-refractivity contribution < 1.29 is 23.8 Å². The van der Waals surface area contributed by atoms with E-state index in [0.717, 1.165) is 11.8 Å². The van der Waals surface area contributed by atoms with Gasteiger partial charge in [0.25, 0.3) is 5.56 Å². The summed E-state index contributed by atoms with van der Waals surface area (Å²) in [6, 6.07) is 9.47. The summed E-state index contributed by atoms with van der Waals surface area (Å²) in [5.74, 6) is -0.715. The quantitative estimate of drug-likeness (QED) is 0.384. The van der Waals surface area contributed by atoms with Crippen LogP contribution in [0.5, 0.6) is 17.2 Å². The van der Waals surface area contributed by atoms with Gasteiger partial charge >= 0.3 is 0 Å². The van der Waals surface area contributed by atoms with Crippen LogP contribution in [0.25, 0.3) is 0 Å². The third kappa shape index (κ3) is 4.13. The summed E-state index contributed by atoms with van der Waals surface area (Å²) in [6.07, 6.45) is 0.0105. The SMILES string of the molecule is COc1cc([C@@H]2CC(=O)Nc3nc(SCc4ccccc4F)[nH]c(=O)c32)cc(OC)c1O. The van der Waals surface area contributed by atoms with Gasteiger partial charge in [-0.15, -0.1) is 0 Å². The lowest BCUT2D eigenvalue weighted by atomic mass is 9.86. The number of hydrogen-bond donors (Lipinski definition) is 3. The number of thioether (sulfide) groups is 1. The fourth-order valence-corrected chi connectivity index (χ4v) is 4.43.